The van der Waals surface area contributed by atoms with Gasteiger partial charge in [-0.15, -0.1) is 0 Å². The minimum absolute atomic E-state index is 0.162. The summed E-state index contributed by atoms with van der Waals surface area (Å²) >= 11 is 0. The number of aromatic amines is 1. The van der Waals surface area contributed by atoms with Gasteiger partial charge in [0.2, 0.25) is 0 Å². The highest BCUT2D eigenvalue weighted by atomic mass is 31.2. The Morgan fingerprint density at radius 1 is 1.12 bits per heavy atom. The number of rotatable bonds is 7. The van der Waals surface area contributed by atoms with Gasteiger partial charge in [0.1, 0.15) is 12.4 Å². The van der Waals surface area contributed by atoms with Gasteiger partial charge in [-0.25, -0.2) is 4.39 Å². The molecule has 0 fully saturated rings. The maximum Gasteiger partial charge on any atom is 0.268 e. The summed E-state index contributed by atoms with van der Waals surface area (Å²) in [7, 11) is -2.38. The Labute approximate surface area is 185 Å². The SMILES string of the molecule is COP(=O)(c1cccc(CF)c1)c1c(C(=O)NCc2ccncc2)[nH]c2ccc(C)cc12. The van der Waals surface area contributed by atoms with E-state index in [4.69, 9.17) is 4.52 Å². The first-order chi connectivity index (χ1) is 15.5. The molecule has 4 rings (SSSR count). The van der Waals surface area contributed by atoms with Gasteiger partial charge in [0.25, 0.3) is 13.3 Å². The smallest absolute Gasteiger partial charge is 0.268 e. The Balaban J connectivity index is 1.85. The van der Waals surface area contributed by atoms with Gasteiger partial charge in [-0.1, -0.05) is 23.8 Å². The van der Waals surface area contributed by atoms with Crippen molar-refractivity contribution in [3.63, 3.8) is 0 Å². The highest BCUT2D eigenvalue weighted by Crippen LogP contribution is 2.47. The molecule has 32 heavy (non-hydrogen) atoms. The Kier molecular flexibility index (Phi) is 6.21. The third-order valence-electron chi connectivity index (χ3n) is 5.31. The van der Waals surface area contributed by atoms with Crippen LogP contribution < -0.4 is 15.9 Å². The van der Waals surface area contributed by atoms with Crippen molar-refractivity contribution in [2.45, 2.75) is 20.1 Å². The fourth-order valence-electron chi connectivity index (χ4n) is 3.68. The van der Waals surface area contributed by atoms with Crippen LogP contribution in [0.25, 0.3) is 10.9 Å². The summed E-state index contributed by atoms with van der Waals surface area (Å²) in [6.45, 7) is 1.51. The fraction of sp³-hybridized carbons (Fsp3) is 0.167. The van der Waals surface area contributed by atoms with Crippen LogP contribution in [0.5, 0.6) is 0 Å². The molecule has 6 nitrogen and oxygen atoms in total. The molecule has 0 radical (unpaired) electrons. The number of hydrogen-bond donors (Lipinski definition) is 2. The predicted molar refractivity (Wildman–Crippen MR) is 124 cm³/mol. The molecule has 1 atom stereocenters. The fourth-order valence-corrected chi connectivity index (χ4v) is 5.91. The summed E-state index contributed by atoms with van der Waals surface area (Å²) in [6, 6.07) is 15.6. The Bertz CT molecular complexity index is 1320. The highest BCUT2D eigenvalue weighted by Gasteiger charge is 2.36. The molecule has 2 heterocycles. The van der Waals surface area contributed by atoms with Crippen LogP contribution >= 0.6 is 7.37 Å². The van der Waals surface area contributed by atoms with Crippen LogP contribution in [0.4, 0.5) is 4.39 Å². The Morgan fingerprint density at radius 2 is 1.91 bits per heavy atom. The minimum atomic E-state index is -3.72. The first-order valence-corrected chi connectivity index (χ1v) is 11.7. The molecule has 0 spiro atoms. The number of nitrogens with zero attached hydrogens (tertiary/aromatic N) is 1. The number of H-pyrrole nitrogens is 1. The number of alkyl halides is 1. The molecule has 0 saturated heterocycles. The molecular formula is C24H23FN3O3P. The number of hydrogen-bond acceptors (Lipinski definition) is 4. The van der Waals surface area contributed by atoms with Crippen molar-refractivity contribution in [1.29, 1.82) is 0 Å². The van der Waals surface area contributed by atoms with Gasteiger partial charge in [0.05, 0.1) is 5.30 Å². The van der Waals surface area contributed by atoms with Gasteiger partial charge in [0, 0.05) is 42.3 Å². The maximum absolute atomic E-state index is 14.3. The van der Waals surface area contributed by atoms with Crippen LogP contribution in [0.3, 0.4) is 0 Å². The molecule has 2 N–H and O–H groups in total. The van der Waals surface area contributed by atoms with Gasteiger partial charge in [-0.05, 0) is 54.4 Å². The van der Waals surface area contributed by atoms with E-state index >= 15 is 0 Å². The summed E-state index contributed by atoms with van der Waals surface area (Å²) in [5.41, 5.74) is 3.04. The van der Waals surface area contributed by atoms with Crippen LogP contribution in [0.15, 0.2) is 67.0 Å². The predicted octanol–water partition coefficient (Wildman–Crippen LogP) is 4.15. The van der Waals surface area contributed by atoms with E-state index in [1.165, 1.54) is 13.2 Å². The molecule has 8 heteroatoms. The van der Waals surface area contributed by atoms with Gasteiger partial charge >= 0.3 is 0 Å². The number of benzene rings is 2. The molecule has 2 aromatic heterocycles. The van der Waals surface area contributed by atoms with Crippen LogP contribution in [0.2, 0.25) is 0 Å². The van der Waals surface area contributed by atoms with E-state index in [0.29, 0.717) is 21.8 Å². The van der Waals surface area contributed by atoms with Crippen molar-refractivity contribution in [3.05, 3.63) is 89.4 Å². The number of pyridine rings is 1. The minimum Gasteiger partial charge on any atom is -0.350 e. The lowest BCUT2D eigenvalue weighted by Gasteiger charge is -2.19. The third-order valence-corrected chi connectivity index (χ3v) is 7.84. The van der Waals surface area contributed by atoms with E-state index < -0.39 is 20.0 Å². The summed E-state index contributed by atoms with van der Waals surface area (Å²) < 4.78 is 33.2. The topological polar surface area (TPSA) is 84.1 Å². The second-order valence-corrected chi connectivity index (χ2v) is 9.91. The average Bonchev–Trinajstić information content (AvgIpc) is 3.22. The molecule has 1 unspecified atom stereocenters. The molecule has 0 aliphatic heterocycles. The highest BCUT2D eigenvalue weighted by molar-refractivity contribution is 7.75. The first-order valence-electron chi connectivity index (χ1n) is 10.1. The van der Waals surface area contributed by atoms with Crippen molar-refractivity contribution >= 4 is 34.8 Å². The Hall–Kier alpha value is -3.28. The lowest BCUT2D eigenvalue weighted by Crippen LogP contribution is -2.30. The summed E-state index contributed by atoms with van der Waals surface area (Å²) in [5, 5.41) is 4.11. The van der Waals surface area contributed by atoms with Crippen molar-refractivity contribution in [3.8, 4) is 0 Å². The average molecular weight is 451 g/mol. The van der Waals surface area contributed by atoms with Crippen LogP contribution in [0.1, 0.15) is 27.2 Å². The zero-order chi connectivity index (χ0) is 22.7. The van der Waals surface area contributed by atoms with E-state index in [1.807, 2.05) is 25.1 Å². The van der Waals surface area contributed by atoms with Crippen molar-refractivity contribution < 1.29 is 18.3 Å². The zero-order valence-corrected chi connectivity index (χ0v) is 18.7. The van der Waals surface area contributed by atoms with E-state index in [2.05, 4.69) is 15.3 Å². The molecule has 0 saturated carbocycles. The second kappa shape index (κ2) is 9.07. The number of amides is 1. The monoisotopic (exact) mass is 451 g/mol. The number of carbonyl (C=O) groups is 1. The molecule has 0 aliphatic carbocycles. The number of aryl methyl sites for hydroxylation is 1. The second-order valence-electron chi connectivity index (χ2n) is 7.47. The van der Waals surface area contributed by atoms with Crippen LogP contribution in [-0.4, -0.2) is 23.0 Å². The molecule has 0 aliphatic rings. The van der Waals surface area contributed by atoms with E-state index in [-0.39, 0.29) is 17.5 Å². The third kappa shape index (κ3) is 4.09. The zero-order valence-electron chi connectivity index (χ0n) is 17.8. The lowest BCUT2D eigenvalue weighted by atomic mass is 10.2. The summed E-state index contributed by atoms with van der Waals surface area (Å²) in [6.07, 6.45) is 3.30. The molecule has 1 amide bonds. The van der Waals surface area contributed by atoms with Crippen LogP contribution in [0, 0.1) is 6.92 Å². The van der Waals surface area contributed by atoms with Gasteiger partial charge in [-0.2, -0.15) is 0 Å². The number of halogens is 1. The molecule has 0 bridgehead atoms. The first kappa shape index (κ1) is 21.9. The molecule has 164 valence electrons. The lowest BCUT2D eigenvalue weighted by molar-refractivity contribution is 0.0947. The Morgan fingerprint density at radius 3 is 2.62 bits per heavy atom. The van der Waals surface area contributed by atoms with Crippen molar-refractivity contribution in [1.82, 2.24) is 15.3 Å². The van der Waals surface area contributed by atoms with Gasteiger partial charge < -0.3 is 14.8 Å². The maximum atomic E-state index is 14.3. The quantitative estimate of drug-likeness (QED) is 0.414. The number of aromatic nitrogens is 2. The van der Waals surface area contributed by atoms with E-state index in [9.17, 15) is 13.8 Å². The molecule has 4 aromatic rings. The number of carbonyl (C=O) groups excluding carboxylic acids is 1. The van der Waals surface area contributed by atoms with Gasteiger partial charge in [-0.3, -0.25) is 14.3 Å². The van der Waals surface area contributed by atoms with E-state index in [1.54, 1.807) is 42.7 Å². The van der Waals surface area contributed by atoms with Crippen LogP contribution in [-0.2, 0) is 22.3 Å². The summed E-state index contributed by atoms with van der Waals surface area (Å²) in [4.78, 5) is 20.3. The largest absolute Gasteiger partial charge is 0.350 e. The standard InChI is InChI=1S/C24H23FN3O3P/c1-16-6-7-21-20(12-16)23(32(30,31-2)19-5-3-4-18(13-19)14-25)22(28-21)24(29)27-15-17-8-10-26-11-9-17/h3-13,28H,14-15H2,1-2H3,(H,27,29). The van der Waals surface area contributed by atoms with Crippen molar-refractivity contribution in [2.24, 2.45) is 0 Å². The molecule has 2 aromatic carbocycles. The van der Waals surface area contributed by atoms with Gasteiger partial charge in [0.15, 0.2) is 0 Å². The van der Waals surface area contributed by atoms with E-state index in [0.717, 1.165) is 11.1 Å². The number of fused-ring (bicyclic) bond motifs is 1. The summed E-state index contributed by atoms with van der Waals surface area (Å²) in [5.74, 6) is -0.412. The van der Waals surface area contributed by atoms with Crippen molar-refractivity contribution in [2.75, 3.05) is 7.11 Å². The molecular weight excluding hydrogens is 428 g/mol. The normalized spacial score (nSPS) is 13.1. The number of nitrogens with one attached hydrogen (secondary N) is 2.